The molecule has 2 aromatic carbocycles. The molecule has 0 bridgehead atoms. The van der Waals surface area contributed by atoms with E-state index in [0.29, 0.717) is 13.2 Å². The van der Waals surface area contributed by atoms with Gasteiger partial charge in [-0.25, -0.2) is 0 Å². The summed E-state index contributed by atoms with van der Waals surface area (Å²) in [6, 6.07) is 16.3. The molecule has 0 aromatic heterocycles. The van der Waals surface area contributed by atoms with Crippen LogP contribution in [0.1, 0.15) is 0 Å². The molecule has 130 valence electrons. The second-order valence-electron chi connectivity index (χ2n) is 6.33. The van der Waals surface area contributed by atoms with Crippen molar-refractivity contribution in [3.05, 3.63) is 48.5 Å². The molecule has 2 aromatic rings. The monoisotopic (exact) mass is 328 g/mol. The summed E-state index contributed by atoms with van der Waals surface area (Å²) in [6.07, 6.45) is 0. The molecule has 0 saturated heterocycles. The van der Waals surface area contributed by atoms with E-state index < -0.39 is 0 Å². The predicted molar refractivity (Wildman–Crippen MR) is 100.0 cm³/mol. The fraction of sp³-hybridized carbons (Fsp3) is 0.400. The van der Waals surface area contributed by atoms with Crippen LogP contribution in [0.5, 0.6) is 11.5 Å². The fourth-order valence-electron chi connectivity index (χ4n) is 2.25. The third kappa shape index (κ3) is 5.87. The Balaban J connectivity index is 2.17. The van der Waals surface area contributed by atoms with E-state index in [1.807, 2.05) is 58.5 Å². The molecule has 0 heterocycles. The molecule has 2 rings (SSSR count). The van der Waals surface area contributed by atoms with Crippen LogP contribution < -0.4 is 9.47 Å². The van der Waals surface area contributed by atoms with E-state index in [9.17, 15) is 0 Å². The lowest BCUT2D eigenvalue weighted by Gasteiger charge is -2.16. The van der Waals surface area contributed by atoms with Crippen LogP contribution in [0.4, 0.5) is 0 Å². The van der Waals surface area contributed by atoms with Gasteiger partial charge in [-0.1, -0.05) is 30.3 Å². The standard InChI is InChI=1S/C20H28N2O2/c1-21(2)12-14-23-18-10-11-20(24-15-13-22(3)4)19(16-18)17-8-6-5-7-9-17/h5-11,16H,12-15H2,1-4H3. The maximum absolute atomic E-state index is 5.99. The van der Waals surface area contributed by atoms with Gasteiger partial charge in [0.05, 0.1) is 0 Å². The van der Waals surface area contributed by atoms with E-state index in [0.717, 1.165) is 35.7 Å². The summed E-state index contributed by atoms with van der Waals surface area (Å²) in [5.41, 5.74) is 2.20. The second-order valence-corrected chi connectivity index (χ2v) is 6.33. The molecule has 0 spiro atoms. The van der Waals surface area contributed by atoms with Crippen molar-refractivity contribution < 1.29 is 9.47 Å². The number of ether oxygens (including phenoxy) is 2. The molecule has 0 radical (unpaired) electrons. The van der Waals surface area contributed by atoms with Gasteiger partial charge >= 0.3 is 0 Å². The Hall–Kier alpha value is -2.04. The van der Waals surface area contributed by atoms with Gasteiger partial charge in [0.15, 0.2) is 0 Å². The summed E-state index contributed by atoms with van der Waals surface area (Å²) < 4.78 is 11.9. The average molecular weight is 328 g/mol. The highest BCUT2D eigenvalue weighted by atomic mass is 16.5. The van der Waals surface area contributed by atoms with Gasteiger partial charge in [0.2, 0.25) is 0 Å². The zero-order chi connectivity index (χ0) is 17.4. The molecule has 4 nitrogen and oxygen atoms in total. The summed E-state index contributed by atoms with van der Waals surface area (Å²) in [7, 11) is 8.17. The first-order valence-electron chi connectivity index (χ1n) is 8.31. The second kappa shape index (κ2) is 9.30. The molecule has 0 unspecified atom stereocenters. The molecule has 0 aliphatic heterocycles. The van der Waals surface area contributed by atoms with Gasteiger partial charge in [0.25, 0.3) is 0 Å². The smallest absolute Gasteiger partial charge is 0.127 e. The summed E-state index contributed by atoms with van der Waals surface area (Å²) in [6.45, 7) is 3.10. The van der Waals surface area contributed by atoms with Crippen LogP contribution in [0.15, 0.2) is 48.5 Å². The van der Waals surface area contributed by atoms with Crippen molar-refractivity contribution in [3.8, 4) is 22.6 Å². The summed E-state index contributed by atoms with van der Waals surface area (Å²) in [5, 5.41) is 0. The van der Waals surface area contributed by atoms with Crippen molar-refractivity contribution in [1.82, 2.24) is 9.80 Å². The first-order valence-corrected chi connectivity index (χ1v) is 8.31. The quantitative estimate of drug-likeness (QED) is 0.705. The van der Waals surface area contributed by atoms with Crippen molar-refractivity contribution >= 4 is 0 Å². The molecule has 0 aliphatic carbocycles. The van der Waals surface area contributed by atoms with Crippen LogP contribution in [-0.2, 0) is 0 Å². The SMILES string of the molecule is CN(C)CCOc1ccc(OCCN(C)C)c(-c2ccccc2)c1. The van der Waals surface area contributed by atoms with E-state index in [2.05, 4.69) is 28.0 Å². The number of hydrogen-bond acceptors (Lipinski definition) is 4. The molecule has 0 atom stereocenters. The molecule has 0 saturated carbocycles. The van der Waals surface area contributed by atoms with Crippen LogP contribution in [0.2, 0.25) is 0 Å². The molecule has 24 heavy (non-hydrogen) atoms. The van der Waals surface area contributed by atoms with Crippen LogP contribution in [-0.4, -0.2) is 64.3 Å². The fourth-order valence-corrected chi connectivity index (χ4v) is 2.25. The van der Waals surface area contributed by atoms with Gasteiger partial charge in [-0.15, -0.1) is 0 Å². The minimum absolute atomic E-state index is 0.660. The van der Waals surface area contributed by atoms with Gasteiger partial charge in [0.1, 0.15) is 24.7 Å². The molecule has 0 fully saturated rings. The van der Waals surface area contributed by atoms with E-state index in [1.165, 1.54) is 0 Å². The number of hydrogen-bond donors (Lipinski definition) is 0. The Morgan fingerprint density at radius 1 is 0.750 bits per heavy atom. The van der Waals surface area contributed by atoms with Gasteiger partial charge in [-0.05, 0) is 52.0 Å². The highest BCUT2D eigenvalue weighted by Crippen LogP contribution is 2.33. The first kappa shape index (κ1) is 18.3. The third-order valence-corrected chi connectivity index (χ3v) is 3.64. The van der Waals surface area contributed by atoms with E-state index in [1.54, 1.807) is 0 Å². The van der Waals surface area contributed by atoms with E-state index in [4.69, 9.17) is 9.47 Å². The van der Waals surface area contributed by atoms with Crippen LogP contribution in [0, 0.1) is 0 Å². The lowest BCUT2D eigenvalue weighted by atomic mass is 10.0. The number of likely N-dealkylation sites (N-methyl/N-ethyl adjacent to an activating group) is 2. The summed E-state index contributed by atoms with van der Waals surface area (Å²) >= 11 is 0. The Labute approximate surface area is 145 Å². The van der Waals surface area contributed by atoms with Gasteiger partial charge in [-0.2, -0.15) is 0 Å². The van der Waals surface area contributed by atoms with E-state index >= 15 is 0 Å². The first-order chi connectivity index (χ1) is 11.6. The predicted octanol–water partition coefficient (Wildman–Crippen LogP) is 3.23. The van der Waals surface area contributed by atoms with Crippen molar-refractivity contribution in [2.75, 3.05) is 54.5 Å². The molecular formula is C20H28N2O2. The van der Waals surface area contributed by atoms with Crippen molar-refractivity contribution in [2.24, 2.45) is 0 Å². The largest absolute Gasteiger partial charge is 0.492 e. The average Bonchev–Trinajstić information content (AvgIpc) is 2.56. The van der Waals surface area contributed by atoms with Crippen molar-refractivity contribution in [1.29, 1.82) is 0 Å². The minimum atomic E-state index is 0.660. The Bertz CT molecular complexity index is 612. The lowest BCUT2D eigenvalue weighted by Crippen LogP contribution is -2.20. The normalized spacial score (nSPS) is 11.1. The lowest BCUT2D eigenvalue weighted by molar-refractivity contribution is 0.256. The van der Waals surface area contributed by atoms with Crippen LogP contribution in [0.25, 0.3) is 11.1 Å². The Morgan fingerprint density at radius 2 is 1.38 bits per heavy atom. The molecule has 4 heteroatoms. The topological polar surface area (TPSA) is 24.9 Å². The third-order valence-electron chi connectivity index (χ3n) is 3.64. The van der Waals surface area contributed by atoms with Crippen LogP contribution in [0.3, 0.4) is 0 Å². The van der Waals surface area contributed by atoms with E-state index in [-0.39, 0.29) is 0 Å². The molecule has 0 amide bonds. The highest BCUT2D eigenvalue weighted by molar-refractivity contribution is 5.72. The molecule has 0 aliphatic rings. The minimum Gasteiger partial charge on any atom is -0.492 e. The Kier molecular flexibility index (Phi) is 7.09. The number of benzene rings is 2. The van der Waals surface area contributed by atoms with Gasteiger partial charge < -0.3 is 19.3 Å². The van der Waals surface area contributed by atoms with Crippen LogP contribution >= 0.6 is 0 Å². The Morgan fingerprint density at radius 3 is 2.00 bits per heavy atom. The number of rotatable bonds is 9. The van der Waals surface area contributed by atoms with Gasteiger partial charge in [0, 0.05) is 18.7 Å². The number of nitrogens with zero attached hydrogens (tertiary/aromatic N) is 2. The maximum atomic E-state index is 5.99. The molecule has 0 N–H and O–H groups in total. The van der Waals surface area contributed by atoms with Gasteiger partial charge in [-0.3, -0.25) is 0 Å². The maximum Gasteiger partial charge on any atom is 0.127 e. The van der Waals surface area contributed by atoms with Crippen molar-refractivity contribution in [3.63, 3.8) is 0 Å². The summed E-state index contributed by atoms with van der Waals surface area (Å²) in [4.78, 5) is 4.22. The summed E-state index contributed by atoms with van der Waals surface area (Å²) in [5.74, 6) is 1.76. The zero-order valence-electron chi connectivity index (χ0n) is 15.2. The molecular weight excluding hydrogens is 300 g/mol. The van der Waals surface area contributed by atoms with Crippen molar-refractivity contribution in [2.45, 2.75) is 0 Å². The highest BCUT2D eigenvalue weighted by Gasteiger charge is 2.09. The zero-order valence-corrected chi connectivity index (χ0v) is 15.2.